The minimum atomic E-state index is -0.336. The summed E-state index contributed by atoms with van der Waals surface area (Å²) in [5.41, 5.74) is 6.11. The first-order valence-corrected chi connectivity index (χ1v) is 4.35. The molecule has 1 atom stereocenters. The van der Waals surface area contributed by atoms with E-state index in [2.05, 4.69) is 15.9 Å². The van der Waals surface area contributed by atoms with Crippen molar-refractivity contribution in [2.45, 2.75) is 6.04 Å². The van der Waals surface area contributed by atoms with Crippen LogP contribution in [0.3, 0.4) is 0 Å². The van der Waals surface area contributed by atoms with E-state index in [9.17, 15) is 4.39 Å². The summed E-state index contributed by atoms with van der Waals surface area (Å²) in [5, 5.41) is 0. The Balaban J connectivity index is 2.63. The molecule has 0 amide bonds. The number of rotatable bonds is 0. The topological polar surface area (TPSA) is 35.2 Å². The van der Waals surface area contributed by atoms with Crippen molar-refractivity contribution in [3.05, 3.63) is 28.0 Å². The van der Waals surface area contributed by atoms with Crippen molar-refractivity contribution in [3.63, 3.8) is 0 Å². The first kappa shape index (κ1) is 8.01. The van der Waals surface area contributed by atoms with Crippen LogP contribution in [-0.2, 0) is 0 Å². The second kappa shape index (κ2) is 2.71. The first-order valence-electron chi connectivity index (χ1n) is 3.56. The molecule has 1 heterocycles. The number of nitrogens with two attached hydrogens (primary N) is 1. The Bertz CT molecular complexity index is 329. The summed E-state index contributed by atoms with van der Waals surface area (Å²) in [5.74, 6) is 0.251. The number of benzene rings is 1. The lowest BCUT2D eigenvalue weighted by Crippen LogP contribution is -2.12. The Morgan fingerprint density at radius 2 is 2.33 bits per heavy atom. The summed E-state index contributed by atoms with van der Waals surface area (Å²) in [4.78, 5) is 0. The Morgan fingerprint density at radius 3 is 3.08 bits per heavy atom. The highest BCUT2D eigenvalue weighted by molar-refractivity contribution is 9.10. The highest BCUT2D eigenvalue weighted by Crippen LogP contribution is 2.35. The maximum Gasteiger partial charge on any atom is 0.145 e. The van der Waals surface area contributed by atoms with E-state index in [0.717, 1.165) is 0 Å². The van der Waals surface area contributed by atoms with E-state index >= 15 is 0 Å². The summed E-state index contributed by atoms with van der Waals surface area (Å²) in [6.07, 6.45) is 0. The fourth-order valence-electron chi connectivity index (χ4n) is 1.28. The summed E-state index contributed by atoms with van der Waals surface area (Å²) in [6, 6.07) is 3.00. The molecule has 1 aromatic carbocycles. The van der Waals surface area contributed by atoms with E-state index < -0.39 is 0 Å². The molecular weight excluding hydrogens is 225 g/mol. The van der Waals surface area contributed by atoms with Crippen LogP contribution in [0.4, 0.5) is 4.39 Å². The van der Waals surface area contributed by atoms with Crippen LogP contribution in [0.15, 0.2) is 16.6 Å². The number of fused-ring (bicyclic) bond motifs is 1. The van der Waals surface area contributed by atoms with Crippen LogP contribution in [-0.4, -0.2) is 6.61 Å². The number of ether oxygens (including phenoxy) is 1. The third-order valence-electron chi connectivity index (χ3n) is 1.88. The van der Waals surface area contributed by atoms with E-state index in [1.165, 1.54) is 0 Å². The Morgan fingerprint density at radius 1 is 1.58 bits per heavy atom. The monoisotopic (exact) mass is 231 g/mol. The van der Waals surface area contributed by atoms with Gasteiger partial charge in [-0.1, -0.05) is 0 Å². The van der Waals surface area contributed by atoms with Crippen molar-refractivity contribution in [2.24, 2.45) is 5.73 Å². The zero-order chi connectivity index (χ0) is 8.72. The highest BCUT2D eigenvalue weighted by atomic mass is 79.9. The fourth-order valence-corrected chi connectivity index (χ4v) is 1.63. The molecule has 0 saturated heterocycles. The van der Waals surface area contributed by atoms with Gasteiger partial charge in [0.1, 0.15) is 18.2 Å². The molecule has 0 aliphatic carbocycles. The van der Waals surface area contributed by atoms with Gasteiger partial charge in [0.15, 0.2) is 0 Å². The van der Waals surface area contributed by atoms with Crippen LogP contribution in [0.1, 0.15) is 11.6 Å². The second-order valence-corrected chi connectivity index (χ2v) is 3.55. The molecule has 64 valence electrons. The van der Waals surface area contributed by atoms with Gasteiger partial charge in [-0.15, -0.1) is 0 Å². The van der Waals surface area contributed by atoms with Crippen molar-refractivity contribution < 1.29 is 9.13 Å². The van der Waals surface area contributed by atoms with Crippen molar-refractivity contribution in [3.8, 4) is 5.75 Å². The third-order valence-corrected chi connectivity index (χ3v) is 2.49. The van der Waals surface area contributed by atoms with Gasteiger partial charge in [-0.2, -0.15) is 0 Å². The van der Waals surface area contributed by atoms with Crippen LogP contribution in [0.2, 0.25) is 0 Å². The van der Waals surface area contributed by atoms with Crippen molar-refractivity contribution in [1.82, 2.24) is 0 Å². The Labute approximate surface area is 77.6 Å². The summed E-state index contributed by atoms with van der Waals surface area (Å²) in [6.45, 7) is 0.364. The third kappa shape index (κ3) is 1.03. The minimum Gasteiger partial charge on any atom is -0.491 e. The average Bonchev–Trinajstić information content (AvgIpc) is 2.41. The van der Waals surface area contributed by atoms with Gasteiger partial charge in [-0.05, 0) is 28.1 Å². The van der Waals surface area contributed by atoms with Gasteiger partial charge in [-0.25, -0.2) is 4.39 Å². The van der Waals surface area contributed by atoms with Crippen molar-refractivity contribution in [2.75, 3.05) is 6.61 Å². The van der Waals surface area contributed by atoms with Crippen LogP contribution in [0, 0.1) is 5.82 Å². The van der Waals surface area contributed by atoms with Gasteiger partial charge in [-0.3, -0.25) is 0 Å². The van der Waals surface area contributed by atoms with Gasteiger partial charge in [0.05, 0.1) is 16.1 Å². The zero-order valence-electron chi connectivity index (χ0n) is 6.18. The predicted octanol–water partition coefficient (Wildman–Crippen LogP) is 1.98. The second-order valence-electron chi connectivity index (χ2n) is 2.69. The van der Waals surface area contributed by atoms with E-state index in [-0.39, 0.29) is 11.9 Å². The number of hydrogen-bond acceptors (Lipinski definition) is 2. The van der Waals surface area contributed by atoms with Crippen LogP contribution in [0.5, 0.6) is 5.75 Å². The first-order chi connectivity index (χ1) is 5.70. The van der Waals surface area contributed by atoms with Crippen LogP contribution in [0.25, 0.3) is 0 Å². The molecule has 1 aromatic rings. The van der Waals surface area contributed by atoms with Gasteiger partial charge in [0, 0.05) is 0 Å². The molecule has 2 N–H and O–H groups in total. The van der Waals surface area contributed by atoms with Gasteiger partial charge in [0.25, 0.3) is 0 Å². The Hall–Kier alpha value is -0.610. The lowest BCUT2D eigenvalue weighted by atomic mass is 10.1. The smallest absolute Gasteiger partial charge is 0.145 e. The zero-order valence-corrected chi connectivity index (χ0v) is 7.77. The van der Waals surface area contributed by atoms with E-state index in [4.69, 9.17) is 10.5 Å². The molecule has 0 unspecified atom stereocenters. The number of halogens is 2. The molecular formula is C8H7BrFNO. The van der Waals surface area contributed by atoms with Crippen LogP contribution >= 0.6 is 15.9 Å². The lowest BCUT2D eigenvalue weighted by Gasteiger charge is -2.03. The maximum absolute atomic E-state index is 13.3. The largest absolute Gasteiger partial charge is 0.491 e. The molecule has 1 aliphatic rings. The van der Waals surface area contributed by atoms with Gasteiger partial charge < -0.3 is 10.5 Å². The average molecular weight is 232 g/mol. The molecule has 1 aliphatic heterocycles. The molecule has 12 heavy (non-hydrogen) atoms. The SMILES string of the molecule is N[C@H]1COc2ccc(Br)c(F)c21. The normalized spacial score (nSPS) is 20.4. The fraction of sp³-hybridized carbons (Fsp3) is 0.250. The number of hydrogen-bond donors (Lipinski definition) is 1. The summed E-state index contributed by atoms with van der Waals surface area (Å²) >= 11 is 3.09. The lowest BCUT2D eigenvalue weighted by molar-refractivity contribution is 0.333. The molecule has 0 spiro atoms. The quantitative estimate of drug-likeness (QED) is 0.742. The molecule has 2 rings (SSSR count). The molecule has 2 nitrogen and oxygen atoms in total. The molecule has 0 bridgehead atoms. The van der Waals surface area contributed by atoms with Crippen LogP contribution < -0.4 is 10.5 Å². The molecule has 0 aromatic heterocycles. The van der Waals surface area contributed by atoms with Crippen molar-refractivity contribution in [1.29, 1.82) is 0 Å². The van der Waals surface area contributed by atoms with E-state index in [0.29, 0.717) is 22.4 Å². The van der Waals surface area contributed by atoms with Gasteiger partial charge >= 0.3 is 0 Å². The Kier molecular flexibility index (Phi) is 1.81. The summed E-state index contributed by atoms with van der Waals surface area (Å²) in [7, 11) is 0. The van der Waals surface area contributed by atoms with E-state index in [1.807, 2.05) is 0 Å². The molecule has 0 radical (unpaired) electrons. The van der Waals surface area contributed by atoms with E-state index in [1.54, 1.807) is 12.1 Å². The standard InChI is InChI=1S/C8H7BrFNO/c9-4-1-2-6-7(8(4)10)5(11)3-12-6/h1-2,5H,3,11H2/t5-/m0/s1. The van der Waals surface area contributed by atoms with Gasteiger partial charge in [0.2, 0.25) is 0 Å². The molecule has 0 fully saturated rings. The maximum atomic E-state index is 13.3. The minimum absolute atomic E-state index is 0.308. The highest BCUT2D eigenvalue weighted by Gasteiger charge is 2.25. The molecule has 0 saturated carbocycles. The predicted molar refractivity (Wildman–Crippen MR) is 46.5 cm³/mol. The summed E-state index contributed by atoms with van der Waals surface area (Å²) < 4.78 is 18.9. The molecule has 4 heteroatoms. The van der Waals surface area contributed by atoms with Crippen molar-refractivity contribution >= 4 is 15.9 Å².